The molecular formula is C11H14BrN3. The van der Waals surface area contributed by atoms with Gasteiger partial charge in [-0.1, -0.05) is 15.9 Å². The Morgan fingerprint density at radius 2 is 2.27 bits per heavy atom. The van der Waals surface area contributed by atoms with Gasteiger partial charge in [-0.15, -0.1) is 0 Å². The molecule has 1 heterocycles. The SMILES string of the molecule is CCn1nc2cc(Br)ccc2c1CNC. The number of fused-ring (bicyclic) bond motifs is 1. The normalized spacial score (nSPS) is 11.1. The predicted molar refractivity (Wildman–Crippen MR) is 65.9 cm³/mol. The summed E-state index contributed by atoms with van der Waals surface area (Å²) in [7, 11) is 1.96. The number of benzene rings is 1. The van der Waals surface area contributed by atoms with Crippen molar-refractivity contribution in [3.63, 3.8) is 0 Å². The van der Waals surface area contributed by atoms with Crippen molar-refractivity contribution >= 4 is 26.8 Å². The Bertz CT molecular complexity index is 476. The van der Waals surface area contributed by atoms with E-state index in [1.54, 1.807) is 0 Å². The fourth-order valence-electron chi connectivity index (χ4n) is 1.78. The average molecular weight is 268 g/mol. The Labute approximate surface area is 97.6 Å². The van der Waals surface area contributed by atoms with Gasteiger partial charge in [-0.05, 0) is 32.2 Å². The molecule has 3 nitrogen and oxygen atoms in total. The van der Waals surface area contributed by atoms with E-state index in [4.69, 9.17) is 0 Å². The fourth-order valence-corrected chi connectivity index (χ4v) is 2.13. The van der Waals surface area contributed by atoms with Gasteiger partial charge in [-0.2, -0.15) is 5.10 Å². The van der Waals surface area contributed by atoms with E-state index in [1.807, 2.05) is 11.7 Å². The van der Waals surface area contributed by atoms with Crippen LogP contribution in [0.4, 0.5) is 0 Å². The van der Waals surface area contributed by atoms with Crippen molar-refractivity contribution in [2.24, 2.45) is 0 Å². The first-order valence-electron chi connectivity index (χ1n) is 5.05. The highest BCUT2D eigenvalue weighted by molar-refractivity contribution is 9.10. The molecule has 1 N–H and O–H groups in total. The van der Waals surface area contributed by atoms with Crippen LogP contribution >= 0.6 is 15.9 Å². The number of halogens is 1. The molecule has 1 aromatic carbocycles. The van der Waals surface area contributed by atoms with Crippen LogP contribution in [0.2, 0.25) is 0 Å². The van der Waals surface area contributed by atoms with Gasteiger partial charge in [0.05, 0.1) is 11.2 Å². The summed E-state index contributed by atoms with van der Waals surface area (Å²) >= 11 is 3.46. The Balaban J connectivity index is 2.63. The number of rotatable bonds is 3. The van der Waals surface area contributed by atoms with Crippen LogP contribution in [0.25, 0.3) is 10.9 Å². The maximum absolute atomic E-state index is 4.56. The third-order valence-corrected chi connectivity index (χ3v) is 2.95. The number of aromatic nitrogens is 2. The van der Waals surface area contributed by atoms with Crippen LogP contribution in [0.3, 0.4) is 0 Å². The van der Waals surface area contributed by atoms with Gasteiger partial charge in [0.15, 0.2) is 0 Å². The molecule has 0 unspecified atom stereocenters. The van der Waals surface area contributed by atoms with Crippen molar-refractivity contribution in [3.05, 3.63) is 28.4 Å². The number of aryl methyl sites for hydroxylation is 1. The van der Waals surface area contributed by atoms with E-state index in [-0.39, 0.29) is 0 Å². The topological polar surface area (TPSA) is 29.9 Å². The molecule has 0 saturated heterocycles. The Hall–Kier alpha value is -0.870. The summed E-state index contributed by atoms with van der Waals surface area (Å²) in [5.41, 5.74) is 2.30. The molecule has 15 heavy (non-hydrogen) atoms. The third-order valence-electron chi connectivity index (χ3n) is 2.45. The monoisotopic (exact) mass is 267 g/mol. The number of nitrogens with one attached hydrogen (secondary N) is 1. The zero-order chi connectivity index (χ0) is 10.8. The quantitative estimate of drug-likeness (QED) is 0.927. The highest BCUT2D eigenvalue weighted by atomic mass is 79.9. The summed E-state index contributed by atoms with van der Waals surface area (Å²) in [5.74, 6) is 0. The van der Waals surface area contributed by atoms with Gasteiger partial charge in [-0.3, -0.25) is 4.68 Å². The average Bonchev–Trinajstić information content (AvgIpc) is 2.56. The first kappa shape index (κ1) is 10.6. The maximum Gasteiger partial charge on any atom is 0.0938 e. The molecule has 0 aliphatic carbocycles. The van der Waals surface area contributed by atoms with Crippen molar-refractivity contribution in [1.82, 2.24) is 15.1 Å². The van der Waals surface area contributed by atoms with Crippen LogP contribution in [0, 0.1) is 0 Å². The van der Waals surface area contributed by atoms with E-state index in [0.29, 0.717) is 0 Å². The highest BCUT2D eigenvalue weighted by Crippen LogP contribution is 2.22. The Morgan fingerprint density at radius 1 is 1.47 bits per heavy atom. The van der Waals surface area contributed by atoms with Crippen molar-refractivity contribution < 1.29 is 0 Å². The second-order valence-electron chi connectivity index (χ2n) is 3.45. The molecule has 0 aliphatic rings. The predicted octanol–water partition coefficient (Wildman–Crippen LogP) is 2.54. The molecule has 0 amide bonds. The Kier molecular flexibility index (Phi) is 3.07. The molecule has 2 aromatic rings. The number of hydrogen-bond donors (Lipinski definition) is 1. The molecule has 4 heteroatoms. The highest BCUT2D eigenvalue weighted by Gasteiger charge is 2.09. The van der Waals surface area contributed by atoms with Gasteiger partial charge < -0.3 is 5.32 Å². The smallest absolute Gasteiger partial charge is 0.0938 e. The van der Waals surface area contributed by atoms with E-state index in [1.165, 1.54) is 11.1 Å². The van der Waals surface area contributed by atoms with Gasteiger partial charge in [0.1, 0.15) is 0 Å². The molecule has 0 radical (unpaired) electrons. The second-order valence-corrected chi connectivity index (χ2v) is 4.37. The molecule has 0 aliphatic heterocycles. The Morgan fingerprint density at radius 3 is 2.93 bits per heavy atom. The van der Waals surface area contributed by atoms with E-state index >= 15 is 0 Å². The molecular weight excluding hydrogens is 254 g/mol. The van der Waals surface area contributed by atoms with Crippen LogP contribution in [-0.2, 0) is 13.1 Å². The van der Waals surface area contributed by atoms with Crippen LogP contribution in [0.1, 0.15) is 12.6 Å². The lowest BCUT2D eigenvalue weighted by Crippen LogP contribution is -2.11. The van der Waals surface area contributed by atoms with Crippen LogP contribution in [0.5, 0.6) is 0 Å². The standard InChI is InChI=1S/C11H14BrN3/c1-3-15-11(7-13-2)9-5-4-8(12)6-10(9)14-15/h4-6,13H,3,7H2,1-2H3. The molecule has 0 fully saturated rings. The molecule has 2 rings (SSSR count). The van der Waals surface area contributed by atoms with Crippen molar-refractivity contribution in [1.29, 1.82) is 0 Å². The van der Waals surface area contributed by atoms with E-state index in [0.717, 1.165) is 23.1 Å². The van der Waals surface area contributed by atoms with E-state index in [9.17, 15) is 0 Å². The summed E-state index contributed by atoms with van der Waals surface area (Å²) < 4.78 is 3.12. The fraction of sp³-hybridized carbons (Fsp3) is 0.364. The zero-order valence-corrected chi connectivity index (χ0v) is 10.5. The summed E-state index contributed by atoms with van der Waals surface area (Å²) in [6, 6.07) is 6.23. The van der Waals surface area contributed by atoms with Gasteiger partial charge in [0.2, 0.25) is 0 Å². The van der Waals surface area contributed by atoms with E-state index < -0.39 is 0 Å². The third kappa shape index (κ3) is 1.92. The first-order chi connectivity index (χ1) is 7.26. The molecule has 1 aromatic heterocycles. The van der Waals surface area contributed by atoms with Gasteiger partial charge >= 0.3 is 0 Å². The molecule has 0 saturated carbocycles. The largest absolute Gasteiger partial charge is 0.314 e. The van der Waals surface area contributed by atoms with Crippen molar-refractivity contribution in [2.75, 3.05) is 7.05 Å². The minimum Gasteiger partial charge on any atom is -0.314 e. The molecule has 0 spiro atoms. The van der Waals surface area contributed by atoms with E-state index in [2.05, 4.69) is 51.5 Å². The maximum atomic E-state index is 4.56. The van der Waals surface area contributed by atoms with Crippen molar-refractivity contribution in [2.45, 2.75) is 20.0 Å². The number of nitrogens with zero attached hydrogens (tertiary/aromatic N) is 2. The first-order valence-corrected chi connectivity index (χ1v) is 5.85. The molecule has 0 atom stereocenters. The summed E-state index contributed by atoms with van der Waals surface area (Å²) in [6.45, 7) is 3.87. The molecule has 0 bridgehead atoms. The second kappa shape index (κ2) is 4.33. The zero-order valence-electron chi connectivity index (χ0n) is 8.92. The van der Waals surface area contributed by atoms with Crippen LogP contribution < -0.4 is 5.32 Å². The number of hydrogen-bond acceptors (Lipinski definition) is 2. The van der Waals surface area contributed by atoms with Gasteiger partial charge in [0.25, 0.3) is 0 Å². The van der Waals surface area contributed by atoms with Crippen LogP contribution in [0.15, 0.2) is 22.7 Å². The molecule has 80 valence electrons. The lowest BCUT2D eigenvalue weighted by atomic mass is 10.2. The minimum absolute atomic E-state index is 0.853. The lowest BCUT2D eigenvalue weighted by molar-refractivity contribution is 0.610. The minimum atomic E-state index is 0.853. The van der Waals surface area contributed by atoms with Gasteiger partial charge in [-0.25, -0.2) is 0 Å². The lowest BCUT2D eigenvalue weighted by Gasteiger charge is -2.03. The summed E-state index contributed by atoms with van der Waals surface area (Å²) in [4.78, 5) is 0. The summed E-state index contributed by atoms with van der Waals surface area (Å²) in [5, 5.41) is 8.97. The summed E-state index contributed by atoms with van der Waals surface area (Å²) in [6.07, 6.45) is 0. The van der Waals surface area contributed by atoms with Crippen LogP contribution in [-0.4, -0.2) is 16.8 Å². The van der Waals surface area contributed by atoms with Crippen molar-refractivity contribution in [3.8, 4) is 0 Å². The van der Waals surface area contributed by atoms with Gasteiger partial charge in [0, 0.05) is 22.9 Å².